The van der Waals surface area contributed by atoms with Gasteiger partial charge in [0.15, 0.2) is 6.04 Å². The lowest BCUT2D eigenvalue weighted by Gasteiger charge is -2.28. The summed E-state index contributed by atoms with van der Waals surface area (Å²) in [6.45, 7) is 1.63. The van der Waals surface area contributed by atoms with Crippen LogP contribution in [-0.2, 0) is 19.1 Å². The van der Waals surface area contributed by atoms with Gasteiger partial charge in [-0.1, -0.05) is 28.1 Å². The summed E-state index contributed by atoms with van der Waals surface area (Å²) >= 11 is 3.33. The van der Waals surface area contributed by atoms with E-state index in [0.717, 1.165) is 4.47 Å². The molecule has 1 aromatic carbocycles. The van der Waals surface area contributed by atoms with E-state index in [4.69, 9.17) is 9.47 Å². The average molecular weight is 344 g/mol. The Balaban J connectivity index is 3.09. The van der Waals surface area contributed by atoms with Crippen molar-refractivity contribution in [3.63, 3.8) is 0 Å². The van der Waals surface area contributed by atoms with Gasteiger partial charge in [0, 0.05) is 18.6 Å². The molecule has 0 aliphatic rings. The van der Waals surface area contributed by atoms with Crippen molar-refractivity contribution >= 4 is 27.8 Å². The van der Waals surface area contributed by atoms with Crippen LogP contribution in [-0.4, -0.2) is 44.1 Å². The predicted octanol–water partition coefficient (Wildman–Crippen LogP) is 2.16. The monoisotopic (exact) mass is 343 g/mol. The molecule has 1 amide bonds. The Bertz CT molecular complexity index is 475. The quantitative estimate of drug-likeness (QED) is 0.768. The van der Waals surface area contributed by atoms with Crippen LogP contribution >= 0.6 is 15.9 Å². The molecular weight excluding hydrogens is 326 g/mol. The van der Waals surface area contributed by atoms with Crippen molar-refractivity contribution in [1.82, 2.24) is 4.90 Å². The Labute approximate surface area is 127 Å². The molecule has 0 fully saturated rings. The molecular formula is C14H18BrNO4. The number of benzene rings is 1. The van der Waals surface area contributed by atoms with E-state index in [1.165, 1.54) is 19.1 Å². The summed E-state index contributed by atoms with van der Waals surface area (Å²) in [4.78, 5) is 25.5. The number of carbonyl (C=O) groups excluding carboxylic acids is 2. The SMILES string of the molecule is COC(=O)[C@H](c1ccc(Br)cc1)N(C)C(=O)[C@@H](C)OC. The fourth-order valence-corrected chi connectivity index (χ4v) is 2.05. The highest BCUT2D eigenvalue weighted by Crippen LogP contribution is 2.23. The average Bonchev–Trinajstić information content (AvgIpc) is 2.47. The van der Waals surface area contributed by atoms with Crippen molar-refractivity contribution < 1.29 is 19.1 Å². The van der Waals surface area contributed by atoms with E-state index in [1.807, 2.05) is 12.1 Å². The third-order valence-electron chi connectivity index (χ3n) is 3.05. The standard InChI is InChI=1S/C14H18BrNO4/c1-9(19-3)13(17)16(2)12(14(18)20-4)10-5-7-11(15)8-6-10/h5-9,12H,1-4H3/t9-,12+/m1/s1. The molecule has 0 aliphatic carbocycles. The first-order valence-electron chi connectivity index (χ1n) is 6.05. The number of rotatable bonds is 5. The van der Waals surface area contributed by atoms with Gasteiger partial charge in [-0.25, -0.2) is 4.79 Å². The molecule has 0 saturated heterocycles. The lowest BCUT2D eigenvalue weighted by molar-refractivity contribution is -0.155. The van der Waals surface area contributed by atoms with Crippen molar-refractivity contribution in [3.8, 4) is 0 Å². The molecule has 1 aromatic rings. The van der Waals surface area contributed by atoms with Crippen molar-refractivity contribution in [2.75, 3.05) is 21.3 Å². The first-order chi connectivity index (χ1) is 9.42. The Morgan fingerprint density at radius 2 is 1.75 bits per heavy atom. The van der Waals surface area contributed by atoms with E-state index in [0.29, 0.717) is 5.56 Å². The van der Waals surface area contributed by atoms with E-state index in [9.17, 15) is 9.59 Å². The van der Waals surface area contributed by atoms with Gasteiger partial charge in [0.25, 0.3) is 5.91 Å². The van der Waals surface area contributed by atoms with Gasteiger partial charge in [0.1, 0.15) is 6.10 Å². The van der Waals surface area contributed by atoms with E-state index in [1.54, 1.807) is 26.1 Å². The summed E-state index contributed by atoms with van der Waals surface area (Å²) in [7, 11) is 4.30. The largest absolute Gasteiger partial charge is 0.467 e. The number of carbonyl (C=O) groups is 2. The molecule has 110 valence electrons. The van der Waals surface area contributed by atoms with E-state index >= 15 is 0 Å². The maximum atomic E-state index is 12.2. The summed E-state index contributed by atoms with van der Waals surface area (Å²) in [5.74, 6) is -0.780. The molecule has 0 spiro atoms. The van der Waals surface area contributed by atoms with Crippen LogP contribution in [0.3, 0.4) is 0 Å². The smallest absolute Gasteiger partial charge is 0.333 e. The van der Waals surface area contributed by atoms with Crippen LogP contribution in [0.1, 0.15) is 18.5 Å². The van der Waals surface area contributed by atoms with Crippen LogP contribution in [0, 0.1) is 0 Å². The van der Waals surface area contributed by atoms with Crippen LogP contribution in [0.4, 0.5) is 0 Å². The Kier molecular flexibility index (Phi) is 6.16. The number of methoxy groups -OCH3 is 2. The van der Waals surface area contributed by atoms with E-state index in [2.05, 4.69) is 15.9 Å². The van der Waals surface area contributed by atoms with Gasteiger partial charge in [-0.2, -0.15) is 0 Å². The lowest BCUT2D eigenvalue weighted by atomic mass is 10.1. The topological polar surface area (TPSA) is 55.8 Å². The molecule has 0 radical (unpaired) electrons. The van der Waals surface area contributed by atoms with Crippen molar-refractivity contribution in [2.45, 2.75) is 19.1 Å². The molecule has 0 aliphatic heterocycles. The van der Waals surface area contributed by atoms with E-state index in [-0.39, 0.29) is 5.91 Å². The third kappa shape index (κ3) is 3.80. The fraction of sp³-hybridized carbons (Fsp3) is 0.429. The van der Waals surface area contributed by atoms with Gasteiger partial charge < -0.3 is 14.4 Å². The maximum Gasteiger partial charge on any atom is 0.333 e. The number of hydrogen-bond acceptors (Lipinski definition) is 4. The van der Waals surface area contributed by atoms with Gasteiger partial charge in [-0.15, -0.1) is 0 Å². The van der Waals surface area contributed by atoms with Gasteiger partial charge in [0.2, 0.25) is 0 Å². The van der Waals surface area contributed by atoms with Gasteiger partial charge in [-0.3, -0.25) is 4.79 Å². The van der Waals surface area contributed by atoms with Gasteiger partial charge in [-0.05, 0) is 24.6 Å². The highest BCUT2D eigenvalue weighted by Gasteiger charge is 2.31. The zero-order chi connectivity index (χ0) is 15.3. The molecule has 1 rings (SSSR count). The Hall–Kier alpha value is -1.40. The molecule has 6 heteroatoms. The maximum absolute atomic E-state index is 12.2. The first-order valence-corrected chi connectivity index (χ1v) is 6.84. The molecule has 0 unspecified atom stereocenters. The number of likely N-dealkylation sites (N-methyl/N-ethyl adjacent to an activating group) is 1. The molecule has 20 heavy (non-hydrogen) atoms. The normalized spacial score (nSPS) is 13.4. The highest BCUT2D eigenvalue weighted by atomic mass is 79.9. The lowest BCUT2D eigenvalue weighted by Crippen LogP contribution is -2.41. The summed E-state index contributed by atoms with van der Waals surface area (Å²) in [5, 5.41) is 0. The van der Waals surface area contributed by atoms with Gasteiger partial charge >= 0.3 is 5.97 Å². The number of nitrogens with zero attached hydrogens (tertiary/aromatic N) is 1. The molecule has 0 bridgehead atoms. The molecule has 5 nitrogen and oxygen atoms in total. The van der Waals surface area contributed by atoms with Gasteiger partial charge in [0.05, 0.1) is 7.11 Å². The second kappa shape index (κ2) is 7.40. The van der Waals surface area contributed by atoms with Crippen LogP contribution in [0.5, 0.6) is 0 Å². The van der Waals surface area contributed by atoms with Crippen LogP contribution in [0.25, 0.3) is 0 Å². The Morgan fingerprint density at radius 1 is 1.20 bits per heavy atom. The van der Waals surface area contributed by atoms with Crippen LogP contribution in [0.15, 0.2) is 28.7 Å². The second-order valence-electron chi connectivity index (χ2n) is 4.30. The predicted molar refractivity (Wildman–Crippen MR) is 78.1 cm³/mol. The zero-order valence-corrected chi connectivity index (χ0v) is 13.5. The summed E-state index contributed by atoms with van der Waals surface area (Å²) in [5.41, 5.74) is 0.680. The minimum Gasteiger partial charge on any atom is -0.467 e. The molecule has 0 N–H and O–H groups in total. The van der Waals surface area contributed by atoms with Crippen LogP contribution in [0.2, 0.25) is 0 Å². The van der Waals surface area contributed by atoms with Crippen molar-refractivity contribution in [3.05, 3.63) is 34.3 Å². The first kappa shape index (κ1) is 16.7. The second-order valence-corrected chi connectivity index (χ2v) is 5.22. The molecule has 0 saturated carbocycles. The molecule has 0 aromatic heterocycles. The summed E-state index contributed by atoms with van der Waals surface area (Å²) < 4.78 is 10.7. The van der Waals surface area contributed by atoms with Crippen LogP contribution < -0.4 is 0 Å². The molecule has 0 heterocycles. The third-order valence-corrected chi connectivity index (χ3v) is 3.58. The van der Waals surface area contributed by atoms with Crippen molar-refractivity contribution in [2.24, 2.45) is 0 Å². The Morgan fingerprint density at radius 3 is 2.20 bits per heavy atom. The minimum atomic E-state index is -0.793. The number of esters is 1. The minimum absolute atomic E-state index is 0.286. The zero-order valence-electron chi connectivity index (χ0n) is 11.9. The van der Waals surface area contributed by atoms with Crippen molar-refractivity contribution in [1.29, 1.82) is 0 Å². The summed E-state index contributed by atoms with van der Waals surface area (Å²) in [6.07, 6.45) is -0.623. The fourth-order valence-electron chi connectivity index (χ4n) is 1.79. The number of ether oxygens (including phenoxy) is 2. The number of amides is 1. The number of hydrogen-bond donors (Lipinski definition) is 0. The molecule has 2 atom stereocenters. The number of halogens is 1. The highest BCUT2D eigenvalue weighted by molar-refractivity contribution is 9.10. The van der Waals surface area contributed by atoms with E-state index < -0.39 is 18.1 Å². The summed E-state index contributed by atoms with van der Waals surface area (Å²) in [6, 6.07) is 6.37.